The van der Waals surface area contributed by atoms with Crippen LogP contribution in [-0.4, -0.2) is 60.4 Å². The van der Waals surface area contributed by atoms with Crippen LogP contribution < -0.4 is 10.6 Å². The second-order valence-corrected chi connectivity index (χ2v) is 8.27. The number of likely N-dealkylation sites (N-methyl/N-ethyl adjacent to an activating group) is 1. The molecule has 7 heteroatoms. The first-order valence-electron chi connectivity index (χ1n) is 9.92. The van der Waals surface area contributed by atoms with E-state index in [9.17, 15) is 14.4 Å². The van der Waals surface area contributed by atoms with E-state index in [0.29, 0.717) is 12.1 Å². The van der Waals surface area contributed by atoms with Gasteiger partial charge in [-0.3, -0.25) is 14.5 Å². The van der Waals surface area contributed by atoms with Crippen LogP contribution >= 0.6 is 0 Å². The zero-order valence-corrected chi connectivity index (χ0v) is 17.0. The molecular weight excluding hydrogens is 356 g/mol. The molecule has 4 amide bonds. The zero-order chi connectivity index (χ0) is 20.4. The van der Waals surface area contributed by atoms with E-state index in [-0.39, 0.29) is 18.0 Å². The van der Waals surface area contributed by atoms with Crippen LogP contribution in [0.15, 0.2) is 30.3 Å². The van der Waals surface area contributed by atoms with Crippen molar-refractivity contribution < 1.29 is 14.4 Å². The van der Waals surface area contributed by atoms with Gasteiger partial charge in [-0.25, -0.2) is 4.79 Å². The summed E-state index contributed by atoms with van der Waals surface area (Å²) in [5.74, 6) is -0.716. The second-order valence-electron chi connectivity index (χ2n) is 8.27. The van der Waals surface area contributed by atoms with Crippen molar-refractivity contribution in [2.75, 3.05) is 27.2 Å². The fraction of sp³-hybridized carbons (Fsp3) is 0.571. The average molecular weight is 386 g/mol. The van der Waals surface area contributed by atoms with E-state index in [1.807, 2.05) is 32.3 Å². The maximum atomic E-state index is 12.9. The topological polar surface area (TPSA) is 81.8 Å². The molecule has 1 heterocycles. The molecule has 1 aliphatic carbocycles. The molecule has 1 aliphatic heterocycles. The fourth-order valence-corrected chi connectivity index (χ4v) is 4.26. The fourth-order valence-electron chi connectivity index (χ4n) is 4.26. The predicted octanol–water partition coefficient (Wildman–Crippen LogP) is 1.83. The lowest BCUT2D eigenvalue weighted by Gasteiger charge is -2.43. The number of nitrogens with zero attached hydrogens (tertiary/aromatic N) is 2. The predicted molar refractivity (Wildman–Crippen MR) is 107 cm³/mol. The van der Waals surface area contributed by atoms with Crippen molar-refractivity contribution in [2.24, 2.45) is 0 Å². The minimum absolute atomic E-state index is 0.0518. The van der Waals surface area contributed by atoms with Crippen molar-refractivity contribution in [3.05, 3.63) is 35.9 Å². The Morgan fingerprint density at radius 2 is 1.79 bits per heavy atom. The number of hydrogen-bond acceptors (Lipinski definition) is 4. The smallest absolute Gasteiger partial charge is 0.325 e. The Hall–Kier alpha value is -2.41. The molecule has 3 rings (SSSR count). The highest BCUT2D eigenvalue weighted by Crippen LogP contribution is 2.32. The summed E-state index contributed by atoms with van der Waals surface area (Å²) in [5.41, 5.74) is -0.499. The number of carbonyl (C=O) groups is 3. The second kappa shape index (κ2) is 7.91. The van der Waals surface area contributed by atoms with Gasteiger partial charge in [-0.15, -0.1) is 0 Å². The van der Waals surface area contributed by atoms with Gasteiger partial charge in [-0.1, -0.05) is 49.6 Å². The van der Waals surface area contributed by atoms with E-state index in [4.69, 9.17) is 0 Å². The highest BCUT2D eigenvalue weighted by molar-refractivity contribution is 6.09. The summed E-state index contributed by atoms with van der Waals surface area (Å²) in [6, 6.07) is 8.55. The summed E-state index contributed by atoms with van der Waals surface area (Å²) in [6.45, 7) is 1.93. The molecule has 1 aromatic rings. The Kier molecular flexibility index (Phi) is 5.74. The minimum Gasteiger partial charge on any atom is -0.353 e. The highest BCUT2D eigenvalue weighted by Gasteiger charge is 2.49. The normalized spacial score (nSPS) is 24.4. The van der Waals surface area contributed by atoms with Crippen LogP contribution in [0.2, 0.25) is 0 Å². The van der Waals surface area contributed by atoms with Gasteiger partial charge in [-0.2, -0.15) is 0 Å². The highest BCUT2D eigenvalue weighted by atomic mass is 16.2. The van der Waals surface area contributed by atoms with Gasteiger partial charge in [0.05, 0.1) is 0 Å². The van der Waals surface area contributed by atoms with Crippen molar-refractivity contribution in [1.82, 2.24) is 20.4 Å². The van der Waals surface area contributed by atoms with Crippen LogP contribution in [0, 0.1) is 0 Å². The Bertz CT molecular complexity index is 743. The van der Waals surface area contributed by atoms with Gasteiger partial charge in [0.15, 0.2) is 0 Å². The first-order chi connectivity index (χ1) is 13.3. The molecular formula is C21H30N4O3. The number of benzene rings is 1. The van der Waals surface area contributed by atoms with Crippen LogP contribution in [0.5, 0.6) is 0 Å². The molecule has 0 spiro atoms. The molecule has 0 radical (unpaired) electrons. The third-order valence-electron chi connectivity index (χ3n) is 6.28. The molecule has 0 aromatic heterocycles. The lowest BCUT2D eigenvalue weighted by molar-refractivity contribution is -0.135. The van der Waals surface area contributed by atoms with Gasteiger partial charge in [-0.05, 0) is 39.4 Å². The van der Waals surface area contributed by atoms with Crippen LogP contribution in [0.4, 0.5) is 4.79 Å². The molecule has 1 saturated heterocycles. The SMILES string of the molecule is CN(C)C1(CNC(=O)CN2C(=O)N[C@](C)(c3ccccc3)C2=O)CCCCC1. The molecule has 1 aromatic carbocycles. The molecule has 28 heavy (non-hydrogen) atoms. The van der Waals surface area contributed by atoms with Crippen LogP contribution in [0.3, 0.4) is 0 Å². The van der Waals surface area contributed by atoms with Crippen molar-refractivity contribution in [3.8, 4) is 0 Å². The van der Waals surface area contributed by atoms with Gasteiger partial charge in [0.2, 0.25) is 5.91 Å². The molecule has 152 valence electrons. The zero-order valence-electron chi connectivity index (χ0n) is 17.0. The van der Waals surface area contributed by atoms with Gasteiger partial charge in [0.1, 0.15) is 12.1 Å². The van der Waals surface area contributed by atoms with E-state index in [0.717, 1.165) is 30.6 Å². The summed E-state index contributed by atoms with van der Waals surface area (Å²) in [4.78, 5) is 41.0. The molecule has 1 atom stereocenters. The monoisotopic (exact) mass is 386 g/mol. The Balaban J connectivity index is 1.64. The summed E-state index contributed by atoms with van der Waals surface area (Å²) in [6.07, 6.45) is 5.60. The van der Waals surface area contributed by atoms with Crippen molar-refractivity contribution in [3.63, 3.8) is 0 Å². The Morgan fingerprint density at radius 1 is 1.14 bits per heavy atom. The molecule has 0 unspecified atom stereocenters. The largest absolute Gasteiger partial charge is 0.353 e. The summed E-state index contributed by atoms with van der Waals surface area (Å²) in [7, 11) is 4.08. The maximum absolute atomic E-state index is 12.9. The van der Waals surface area contributed by atoms with Gasteiger partial charge >= 0.3 is 6.03 Å². The molecule has 7 nitrogen and oxygen atoms in total. The van der Waals surface area contributed by atoms with Crippen molar-refractivity contribution >= 4 is 17.8 Å². The number of imide groups is 1. The molecule has 0 bridgehead atoms. The maximum Gasteiger partial charge on any atom is 0.325 e. The Morgan fingerprint density at radius 3 is 2.39 bits per heavy atom. The number of nitrogens with one attached hydrogen (secondary N) is 2. The number of carbonyl (C=O) groups excluding carboxylic acids is 3. The van der Waals surface area contributed by atoms with Gasteiger partial charge in [0.25, 0.3) is 5.91 Å². The van der Waals surface area contributed by atoms with Crippen LogP contribution in [0.25, 0.3) is 0 Å². The number of hydrogen-bond donors (Lipinski definition) is 2. The standard InChI is InChI=1S/C21H30N4O3/c1-20(16-10-6-4-7-11-16)18(27)25(19(28)23-20)14-17(26)22-15-21(24(2)3)12-8-5-9-13-21/h4,6-7,10-11H,5,8-9,12-15H2,1-3H3,(H,22,26)(H,23,28)/t20-/m1/s1. The average Bonchev–Trinajstić information content (AvgIpc) is 2.92. The minimum atomic E-state index is -1.15. The molecule has 2 aliphatic rings. The summed E-state index contributed by atoms with van der Waals surface area (Å²) >= 11 is 0. The number of urea groups is 1. The quantitative estimate of drug-likeness (QED) is 0.731. The van der Waals surface area contributed by atoms with E-state index in [2.05, 4.69) is 15.5 Å². The van der Waals surface area contributed by atoms with E-state index in [1.54, 1.807) is 19.1 Å². The lowest BCUT2D eigenvalue weighted by Crippen LogP contribution is -2.55. The number of amides is 4. The van der Waals surface area contributed by atoms with E-state index in [1.165, 1.54) is 6.42 Å². The van der Waals surface area contributed by atoms with Gasteiger partial charge < -0.3 is 15.5 Å². The first kappa shape index (κ1) is 20.3. The van der Waals surface area contributed by atoms with Crippen LogP contribution in [0.1, 0.15) is 44.6 Å². The lowest BCUT2D eigenvalue weighted by atomic mass is 9.80. The van der Waals surface area contributed by atoms with Crippen LogP contribution in [-0.2, 0) is 15.1 Å². The van der Waals surface area contributed by atoms with Crippen molar-refractivity contribution in [2.45, 2.75) is 50.1 Å². The third kappa shape index (κ3) is 3.76. The first-order valence-corrected chi connectivity index (χ1v) is 9.92. The molecule has 1 saturated carbocycles. The number of rotatable bonds is 6. The molecule has 2 fully saturated rings. The van der Waals surface area contributed by atoms with E-state index < -0.39 is 17.5 Å². The summed E-state index contributed by atoms with van der Waals surface area (Å²) < 4.78 is 0. The molecule has 2 N–H and O–H groups in total. The van der Waals surface area contributed by atoms with E-state index >= 15 is 0 Å². The summed E-state index contributed by atoms with van der Waals surface area (Å²) in [5, 5.41) is 5.69. The van der Waals surface area contributed by atoms with Gasteiger partial charge in [0, 0.05) is 12.1 Å². The van der Waals surface area contributed by atoms with Crippen molar-refractivity contribution in [1.29, 1.82) is 0 Å². The third-order valence-corrected chi connectivity index (χ3v) is 6.28. The Labute approximate surface area is 166 Å².